The minimum Gasteiger partial charge on any atom is -0.337 e. The lowest BCUT2D eigenvalue weighted by Gasteiger charge is -2.21. The molecule has 0 spiro atoms. The number of nitrogens with zero attached hydrogens (tertiary/aromatic N) is 5. The summed E-state index contributed by atoms with van der Waals surface area (Å²) in [6.45, 7) is 7.32. The van der Waals surface area contributed by atoms with E-state index in [2.05, 4.69) is 31.6 Å². The van der Waals surface area contributed by atoms with Gasteiger partial charge in [0, 0.05) is 44.8 Å². The van der Waals surface area contributed by atoms with Crippen molar-refractivity contribution < 1.29 is 4.79 Å². The summed E-state index contributed by atoms with van der Waals surface area (Å²) in [6.07, 6.45) is 4.71. The molecule has 132 valence electrons. The quantitative estimate of drug-likeness (QED) is 0.856. The molecule has 4 rings (SSSR count). The fourth-order valence-corrected chi connectivity index (χ4v) is 3.82. The van der Waals surface area contributed by atoms with E-state index in [0.717, 1.165) is 62.6 Å². The molecular weight excluding hydrogens is 314 g/mol. The molecule has 2 aliphatic rings. The summed E-state index contributed by atoms with van der Waals surface area (Å²) < 4.78 is 2.26. The first kappa shape index (κ1) is 16.3. The van der Waals surface area contributed by atoms with Crippen molar-refractivity contribution in [1.82, 2.24) is 24.3 Å². The lowest BCUT2D eigenvalue weighted by Crippen LogP contribution is -2.27. The molecule has 2 aromatic heterocycles. The van der Waals surface area contributed by atoms with Crippen molar-refractivity contribution in [2.75, 3.05) is 13.1 Å². The van der Waals surface area contributed by atoms with Crippen molar-refractivity contribution in [2.24, 2.45) is 0 Å². The van der Waals surface area contributed by atoms with Gasteiger partial charge in [-0.05, 0) is 31.9 Å². The first-order chi connectivity index (χ1) is 12.2. The van der Waals surface area contributed by atoms with E-state index < -0.39 is 0 Å². The maximum Gasteiger partial charge on any atom is 0.222 e. The van der Waals surface area contributed by atoms with Gasteiger partial charge in [0.05, 0.1) is 30.0 Å². The second kappa shape index (κ2) is 6.96. The summed E-state index contributed by atoms with van der Waals surface area (Å²) in [5.41, 5.74) is 4.49. The highest BCUT2D eigenvalue weighted by molar-refractivity contribution is 5.78. The number of fused-ring (bicyclic) bond motifs is 1. The van der Waals surface area contributed by atoms with Crippen LogP contribution in [-0.4, -0.2) is 43.3 Å². The van der Waals surface area contributed by atoms with Crippen LogP contribution >= 0.6 is 0 Å². The van der Waals surface area contributed by atoms with E-state index in [4.69, 9.17) is 0 Å². The Morgan fingerprint density at radius 2 is 2.04 bits per heavy atom. The van der Waals surface area contributed by atoms with E-state index in [1.807, 2.05) is 24.2 Å². The number of pyridine rings is 1. The highest BCUT2D eigenvalue weighted by Gasteiger charge is 2.25. The van der Waals surface area contributed by atoms with Crippen molar-refractivity contribution in [3.8, 4) is 0 Å². The number of aryl methyl sites for hydroxylation is 2. The van der Waals surface area contributed by atoms with Gasteiger partial charge in [-0.2, -0.15) is 0 Å². The average molecular weight is 339 g/mol. The number of carbonyl (C=O) groups is 1. The summed E-state index contributed by atoms with van der Waals surface area (Å²) in [6, 6.07) is 6.20. The maximum absolute atomic E-state index is 11.9. The molecule has 1 amide bonds. The van der Waals surface area contributed by atoms with Crippen LogP contribution in [0, 0.1) is 6.92 Å². The molecule has 0 atom stereocenters. The molecule has 0 N–H and O–H groups in total. The van der Waals surface area contributed by atoms with Gasteiger partial charge in [0.1, 0.15) is 0 Å². The number of carbonyl (C=O) groups excluding carboxylic acids is 1. The fraction of sp³-hybridized carbons (Fsp3) is 0.526. The number of hydrogen-bond donors (Lipinski definition) is 0. The number of amides is 1. The summed E-state index contributed by atoms with van der Waals surface area (Å²) >= 11 is 0. The lowest BCUT2D eigenvalue weighted by molar-refractivity contribution is -0.128. The second-order valence-electron chi connectivity index (χ2n) is 7.08. The summed E-state index contributed by atoms with van der Waals surface area (Å²) in [5.74, 6) is 0.260. The average Bonchev–Trinajstić information content (AvgIpc) is 3.09. The molecule has 0 unspecified atom stereocenters. The zero-order chi connectivity index (χ0) is 17.2. The zero-order valence-corrected chi connectivity index (χ0v) is 14.8. The Kier molecular flexibility index (Phi) is 4.53. The summed E-state index contributed by atoms with van der Waals surface area (Å²) in [4.78, 5) is 25.6. The molecule has 6 heteroatoms. The predicted octanol–water partition coefficient (Wildman–Crippen LogP) is 2.11. The van der Waals surface area contributed by atoms with Crippen LogP contribution in [0.5, 0.6) is 0 Å². The van der Waals surface area contributed by atoms with Crippen molar-refractivity contribution in [3.63, 3.8) is 0 Å². The zero-order valence-electron chi connectivity index (χ0n) is 14.8. The van der Waals surface area contributed by atoms with Crippen LogP contribution in [-0.2, 0) is 31.0 Å². The van der Waals surface area contributed by atoms with Crippen LogP contribution in [0.15, 0.2) is 24.5 Å². The van der Waals surface area contributed by atoms with E-state index >= 15 is 0 Å². The molecule has 4 heterocycles. The van der Waals surface area contributed by atoms with Gasteiger partial charge in [-0.25, -0.2) is 4.98 Å². The molecule has 2 aromatic rings. The monoisotopic (exact) mass is 339 g/mol. The van der Waals surface area contributed by atoms with Gasteiger partial charge in [-0.15, -0.1) is 0 Å². The number of aromatic nitrogens is 3. The van der Waals surface area contributed by atoms with Crippen LogP contribution in [0.25, 0.3) is 0 Å². The molecule has 25 heavy (non-hydrogen) atoms. The first-order valence-corrected chi connectivity index (χ1v) is 9.14. The van der Waals surface area contributed by atoms with Gasteiger partial charge >= 0.3 is 0 Å². The van der Waals surface area contributed by atoms with Crippen LogP contribution in [0.1, 0.15) is 42.0 Å². The van der Waals surface area contributed by atoms with E-state index in [9.17, 15) is 4.79 Å². The van der Waals surface area contributed by atoms with Gasteiger partial charge in [0.2, 0.25) is 5.91 Å². The van der Waals surface area contributed by atoms with E-state index in [1.54, 1.807) is 0 Å². The van der Waals surface area contributed by atoms with E-state index in [0.29, 0.717) is 13.0 Å². The third-order valence-electron chi connectivity index (χ3n) is 5.12. The number of hydrogen-bond acceptors (Lipinski definition) is 4. The molecule has 0 aromatic carbocycles. The van der Waals surface area contributed by atoms with Crippen molar-refractivity contribution in [1.29, 1.82) is 0 Å². The van der Waals surface area contributed by atoms with Crippen LogP contribution in [0.3, 0.4) is 0 Å². The number of rotatable bonds is 4. The van der Waals surface area contributed by atoms with Crippen LogP contribution in [0.4, 0.5) is 0 Å². The molecule has 0 radical (unpaired) electrons. The highest BCUT2D eigenvalue weighted by atomic mass is 16.2. The van der Waals surface area contributed by atoms with Gasteiger partial charge in [0.15, 0.2) is 0 Å². The summed E-state index contributed by atoms with van der Waals surface area (Å²) in [5, 5.41) is 0. The highest BCUT2D eigenvalue weighted by Crippen LogP contribution is 2.21. The predicted molar refractivity (Wildman–Crippen MR) is 94.6 cm³/mol. The minimum atomic E-state index is 0.260. The molecule has 0 bridgehead atoms. The molecule has 0 saturated carbocycles. The first-order valence-electron chi connectivity index (χ1n) is 9.14. The smallest absolute Gasteiger partial charge is 0.222 e. The second-order valence-corrected chi connectivity index (χ2v) is 7.08. The number of imidazole rings is 1. The van der Waals surface area contributed by atoms with Crippen molar-refractivity contribution in [3.05, 3.63) is 47.3 Å². The Morgan fingerprint density at radius 3 is 2.84 bits per heavy atom. The number of likely N-dealkylation sites (tertiary alicyclic amines) is 1. The largest absolute Gasteiger partial charge is 0.337 e. The third-order valence-corrected chi connectivity index (χ3v) is 5.12. The summed E-state index contributed by atoms with van der Waals surface area (Å²) in [7, 11) is 0. The Bertz CT molecular complexity index is 769. The molecule has 1 fully saturated rings. The molecule has 0 aliphatic carbocycles. The Labute approximate surface area is 148 Å². The Balaban J connectivity index is 1.51. The van der Waals surface area contributed by atoms with Gasteiger partial charge in [-0.1, -0.05) is 6.07 Å². The third kappa shape index (κ3) is 3.58. The van der Waals surface area contributed by atoms with Crippen LogP contribution < -0.4 is 0 Å². The fourth-order valence-electron chi connectivity index (χ4n) is 3.82. The van der Waals surface area contributed by atoms with Gasteiger partial charge in [0.25, 0.3) is 0 Å². The SMILES string of the molecule is Cc1cccc(CN2CCCn3cnc(CN4CCCC4=O)c3C2)n1. The maximum atomic E-state index is 11.9. The van der Waals surface area contributed by atoms with Gasteiger partial charge < -0.3 is 9.47 Å². The molecule has 6 nitrogen and oxygen atoms in total. The van der Waals surface area contributed by atoms with Crippen molar-refractivity contribution in [2.45, 2.75) is 52.4 Å². The normalized spacial score (nSPS) is 18.4. The Hall–Kier alpha value is -2.21. The van der Waals surface area contributed by atoms with Crippen LogP contribution in [0.2, 0.25) is 0 Å². The Morgan fingerprint density at radius 1 is 1.12 bits per heavy atom. The standard InChI is InChI=1S/C19H25N5O/c1-15-5-2-6-16(21-15)11-22-8-4-10-24-14-20-17(18(24)13-22)12-23-9-3-7-19(23)25/h2,5-6,14H,3-4,7-13H2,1H3. The topological polar surface area (TPSA) is 54.3 Å². The molecule has 1 saturated heterocycles. The lowest BCUT2D eigenvalue weighted by atomic mass is 10.2. The van der Waals surface area contributed by atoms with Crippen molar-refractivity contribution >= 4 is 5.91 Å². The molecular formula is C19H25N5O. The van der Waals surface area contributed by atoms with E-state index in [-0.39, 0.29) is 5.91 Å². The minimum absolute atomic E-state index is 0.260. The molecule has 2 aliphatic heterocycles. The van der Waals surface area contributed by atoms with E-state index in [1.165, 1.54) is 5.69 Å². The van der Waals surface area contributed by atoms with Gasteiger partial charge in [-0.3, -0.25) is 14.7 Å².